The summed E-state index contributed by atoms with van der Waals surface area (Å²) in [4.78, 5) is 27.6. The first-order valence-corrected chi connectivity index (χ1v) is 9.88. The van der Waals surface area contributed by atoms with Crippen molar-refractivity contribution >= 4 is 32.8 Å². The van der Waals surface area contributed by atoms with E-state index in [4.69, 9.17) is 9.97 Å². The molecule has 130 valence electrons. The molecule has 0 spiro atoms. The van der Waals surface area contributed by atoms with E-state index in [-0.39, 0.29) is 0 Å². The van der Waals surface area contributed by atoms with Gasteiger partial charge in [-0.2, -0.15) is 0 Å². The van der Waals surface area contributed by atoms with E-state index in [9.17, 15) is 0 Å². The molecule has 6 nitrogen and oxygen atoms in total. The number of thiazole rings is 1. The highest BCUT2D eigenvalue weighted by Gasteiger charge is 2.17. The number of hydrogen-bond acceptors (Lipinski definition) is 8. The summed E-state index contributed by atoms with van der Waals surface area (Å²) in [7, 11) is 0. The van der Waals surface area contributed by atoms with Crippen molar-refractivity contribution in [2.45, 2.75) is 6.92 Å². The number of pyridine rings is 1. The van der Waals surface area contributed by atoms with Gasteiger partial charge in [0.15, 0.2) is 5.82 Å². The third kappa shape index (κ3) is 2.88. The molecule has 0 radical (unpaired) electrons. The van der Waals surface area contributed by atoms with Crippen LogP contribution in [0.1, 0.15) is 5.69 Å². The molecule has 0 aromatic carbocycles. The van der Waals surface area contributed by atoms with Gasteiger partial charge in [-0.25, -0.2) is 29.9 Å². The van der Waals surface area contributed by atoms with Crippen molar-refractivity contribution in [1.82, 2.24) is 29.9 Å². The average Bonchev–Trinajstić information content (AvgIpc) is 3.35. The Morgan fingerprint density at radius 3 is 2.63 bits per heavy atom. The average molecular weight is 388 g/mol. The molecule has 0 N–H and O–H groups in total. The van der Waals surface area contributed by atoms with Crippen molar-refractivity contribution in [2.24, 2.45) is 0 Å². The van der Waals surface area contributed by atoms with Crippen molar-refractivity contribution in [1.29, 1.82) is 0 Å². The summed E-state index contributed by atoms with van der Waals surface area (Å²) in [5.74, 6) is 0.626. The summed E-state index contributed by atoms with van der Waals surface area (Å²) in [5.41, 5.74) is 3.51. The maximum Gasteiger partial charge on any atom is 0.178 e. The lowest BCUT2D eigenvalue weighted by molar-refractivity contribution is 1.15. The van der Waals surface area contributed by atoms with Crippen LogP contribution in [0.5, 0.6) is 0 Å². The molecule has 8 heteroatoms. The molecular weight excluding hydrogens is 376 g/mol. The molecule has 0 atom stereocenters. The second-order valence-corrected chi connectivity index (χ2v) is 7.77. The quantitative estimate of drug-likeness (QED) is 0.448. The minimum atomic E-state index is 0.626. The van der Waals surface area contributed by atoms with Gasteiger partial charge in [0, 0.05) is 40.4 Å². The van der Waals surface area contributed by atoms with E-state index in [0.717, 1.165) is 42.6 Å². The molecule has 0 amide bonds. The predicted molar refractivity (Wildman–Crippen MR) is 108 cm³/mol. The first-order chi connectivity index (χ1) is 13.3. The number of rotatable bonds is 3. The Labute approximate surface area is 162 Å². The molecule has 5 aromatic rings. The maximum atomic E-state index is 4.90. The normalized spacial score (nSPS) is 11.1. The van der Waals surface area contributed by atoms with E-state index in [0.29, 0.717) is 5.82 Å². The first-order valence-electron chi connectivity index (χ1n) is 8.18. The number of nitrogens with zero attached hydrogens (tertiary/aromatic N) is 6. The number of thiophene rings is 1. The van der Waals surface area contributed by atoms with E-state index in [2.05, 4.69) is 37.4 Å². The molecule has 0 unspecified atom stereocenters. The Morgan fingerprint density at radius 2 is 1.81 bits per heavy atom. The topological polar surface area (TPSA) is 77.3 Å². The van der Waals surface area contributed by atoms with Crippen LogP contribution >= 0.6 is 22.7 Å². The largest absolute Gasteiger partial charge is 0.244 e. The van der Waals surface area contributed by atoms with E-state index in [1.165, 1.54) is 6.33 Å². The van der Waals surface area contributed by atoms with Crippen molar-refractivity contribution in [3.05, 3.63) is 60.4 Å². The lowest BCUT2D eigenvalue weighted by Gasteiger charge is -2.05. The van der Waals surface area contributed by atoms with Gasteiger partial charge in [0.1, 0.15) is 17.0 Å². The van der Waals surface area contributed by atoms with Gasteiger partial charge in [-0.3, -0.25) is 0 Å². The number of hydrogen-bond donors (Lipinski definition) is 0. The molecule has 0 aliphatic rings. The summed E-state index contributed by atoms with van der Waals surface area (Å²) in [6.07, 6.45) is 8.53. The van der Waals surface area contributed by atoms with Crippen molar-refractivity contribution in [2.75, 3.05) is 0 Å². The summed E-state index contributed by atoms with van der Waals surface area (Å²) in [5, 5.41) is 4.01. The van der Waals surface area contributed by atoms with Crippen molar-refractivity contribution in [3.63, 3.8) is 0 Å². The minimum absolute atomic E-state index is 0.626. The summed E-state index contributed by atoms with van der Waals surface area (Å²) in [6, 6.07) is 5.98. The zero-order valence-electron chi connectivity index (χ0n) is 14.2. The Bertz CT molecular complexity index is 1230. The van der Waals surface area contributed by atoms with Crippen LogP contribution in [0.3, 0.4) is 0 Å². The Balaban J connectivity index is 1.69. The fourth-order valence-electron chi connectivity index (χ4n) is 2.84. The lowest BCUT2D eigenvalue weighted by Crippen LogP contribution is -1.93. The third-order valence-corrected chi connectivity index (χ3v) is 6.16. The zero-order valence-corrected chi connectivity index (χ0v) is 15.8. The molecule has 5 rings (SSSR count). The van der Waals surface area contributed by atoms with E-state index in [1.54, 1.807) is 53.5 Å². The highest BCUT2D eigenvalue weighted by molar-refractivity contribution is 7.19. The van der Waals surface area contributed by atoms with Gasteiger partial charge >= 0.3 is 0 Å². The Hall–Kier alpha value is -3.10. The fourth-order valence-corrected chi connectivity index (χ4v) is 4.66. The van der Waals surface area contributed by atoms with Gasteiger partial charge in [0.05, 0.1) is 16.3 Å². The van der Waals surface area contributed by atoms with Crippen LogP contribution < -0.4 is 0 Å². The predicted octanol–water partition coefficient (Wildman–Crippen LogP) is 4.64. The Kier molecular flexibility index (Phi) is 3.92. The monoisotopic (exact) mass is 388 g/mol. The van der Waals surface area contributed by atoms with Crippen LogP contribution in [0, 0.1) is 6.92 Å². The third-order valence-electron chi connectivity index (χ3n) is 4.06. The van der Waals surface area contributed by atoms with Crippen molar-refractivity contribution < 1.29 is 0 Å². The minimum Gasteiger partial charge on any atom is -0.244 e. The molecule has 5 heterocycles. The first kappa shape index (κ1) is 16.1. The number of aryl methyl sites for hydroxylation is 1. The fraction of sp³-hybridized carbons (Fsp3) is 0.0526. The summed E-state index contributed by atoms with van der Waals surface area (Å²) < 4.78 is 1.15. The summed E-state index contributed by atoms with van der Waals surface area (Å²) >= 11 is 3.27. The van der Waals surface area contributed by atoms with Crippen LogP contribution in [0.15, 0.2) is 54.7 Å². The van der Waals surface area contributed by atoms with Gasteiger partial charge in [-0.05, 0) is 30.5 Å². The molecule has 0 aliphatic heterocycles. The maximum absolute atomic E-state index is 4.90. The zero-order chi connectivity index (χ0) is 18.2. The van der Waals surface area contributed by atoms with Crippen molar-refractivity contribution in [3.8, 4) is 32.7 Å². The molecule has 0 saturated carbocycles. The van der Waals surface area contributed by atoms with Gasteiger partial charge < -0.3 is 0 Å². The highest BCUT2D eigenvalue weighted by atomic mass is 32.1. The molecule has 0 aliphatic carbocycles. The number of aromatic nitrogens is 6. The molecule has 27 heavy (non-hydrogen) atoms. The van der Waals surface area contributed by atoms with E-state index < -0.39 is 0 Å². The lowest BCUT2D eigenvalue weighted by atomic mass is 10.2. The smallest absolute Gasteiger partial charge is 0.178 e. The Morgan fingerprint density at radius 1 is 1.00 bits per heavy atom. The van der Waals surface area contributed by atoms with Crippen LogP contribution in [-0.4, -0.2) is 29.9 Å². The highest BCUT2D eigenvalue weighted by Crippen LogP contribution is 2.38. The molecule has 0 saturated heterocycles. The van der Waals surface area contributed by atoms with E-state index >= 15 is 0 Å². The van der Waals surface area contributed by atoms with Crippen LogP contribution in [0.2, 0.25) is 0 Å². The molecule has 0 fully saturated rings. The molecular formula is C19H12N6S2. The number of fused-ring (bicyclic) bond motifs is 1. The van der Waals surface area contributed by atoms with Gasteiger partial charge in [-0.15, -0.1) is 22.7 Å². The van der Waals surface area contributed by atoms with Gasteiger partial charge in [0.25, 0.3) is 0 Å². The summed E-state index contributed by atoms with van der Waals surface area (Å²) in [6.45, 7) is 2.00. The van der Waals surface area contributed by atoms with Gasteiger partial charge in [-0.1, -0.05) is 0 Å². The van der Waals surface area contributed by atoms with Crippen LogP contribution in [0.4, 0.5) is 0 Å². The standard InChI is InChI=1S/C19H12N6S2/c1-11-17(27-19(24-11)12-8-20-10-21-9-12)14-7-15-13(3-6-26-15)16(25-14)18-22-4-2-5-23-18/h2-10H,1H3. The second kappa shape index (κ2) is 6.57. The molecule has 5 aromatic heterocycles. The van der Waals surface area contributed by atoms with Crippen LogP contribution in [-0.2, 0) is 0 Å². The van der Waals surface area contributed by atoms with Crippen LogP contribution in [0.25, 0.3) is 42.7 Å². The van der Waals surface area contributed by atoms with E-state index in [1.807, 2.05) is 6.92 Å². The van der Waals surface area contributed by atoms with Gasteiger partial charge in [0.2, 0.25) is 0 Å². The second-order valence-electron chi connectivity index (χ2n) is 5.82. The molecule has 0 bridgehead atoms. The SMILES string of the molecule is Cc1nc(-c2cncnc2)sc1-c1cc2sccc2c(-c2ncccn2)n1.